The summed E-state index contributed by atoms with van der Waals surface area (Å²) in [6.45, 7) is -0.359. The molecule has 20 heavy (non-hydrogen) atoms. The maximum Gasteiger partial charge on any atom is 0.321 e. The molecule has 0 saturated carbocycles. The summed E-state index contributed by atoms with van der Waals surface area (Å²) in [5.41, 5.74) is 1.86. The van der Waals surface area contributed by atoms with Crippen molar-refractivity contribution in [1.29, 1.82) is 0 Å². The molecule has 1 unspecified atom stereocenters. The van der Waals surface area contributed by atoms with Crippen LogP contribution in [-0.4, -0.2) is 51.6 Å². The third-order valence-corrected chi connectivity index (χ3v) is 3.21. The molecule has 0 amide bonds. The summed E-state index contributed by atoms with van der Waals surface area (Å²) in [6, 6.07) is 6.86. The highest BCUT2D eigenvalue weighted by Gasteiger charge is 2.20. The second-order valence-corrected chi connectivity index (χ2v) is 4.70. The summed E-state index contributed by atoms with van der Waals surface area (Å²) in [5.74, 6) is -0.986. The van der Waals surface area contributed by atoms with Gasteiger partial charge in [-0.1, -0.05) is 18.2 Å². The Morgan fingerprint density at radius 2 is 2.10 bits per heavy atom. The average molecular weight is 278 g/mol. The van der Waals surface area contributed by atoms with Crippen molar-refractivity contribution in [2.75, 3.05) is 13.2 Å². The van der Waals surface area contributed by atoms with Gasteiger partial charge < -0.3 is 25.6 Å². The van der Waals surface area contributed by atoms with Crippen LogP contribution in [0, 0.1) is 0 Å². The first kappa shape index (κ1) is 14.5. The van der Waals surface area contributed by atoms with Crippen molar-refractivity contribution in [3.63, 3.8) is 0 Å². The van der Waals surface area contributed by atoms with Crippen LogP contribution >= 0.6 is 0 Å². The number of carboxylic acid groups (broad SMARTS) is 1. The van der Waals surface area contributed by atoms with E-state index in [2.05, 4.69) is 10.3 Å². The van der Waals surface area contributed by atoms with Crippen molar-refractivity contribution >= 4 is 16.9 Å². The first-order chi connectivity index (χ1) is 9.61. The lowest BCUT2D eigenvalue weighted by atomic mass is 10.0. The van der Waals surface area contributed by atoms with E-state index in [4.69, 9.17) is 5.11 Å². The quantitative estimate of drug-likeness (QED) is 0.494. The van der Waals surface area contributed by atoms with Crippen molar-refractivity contribution in [3.05, 3.63) is 36.0 Å². The largest absolute Gasteiger partial charge is 0.480 e. The molecule has 0 spiro atoms. The zero-order valence-electron chi connectivity index (χ0n) is 10.9. The maximum atomic E-state index is 11.2. The van der Waals surface area contributed by atoms with Crippen LogP contribution in [0.5, 0.6) is 0 Å². The number of para-hydroxylation sites is 1. The van der Waals surface area contributed by atoms with Crippen LogP contribution in [0.2, 0.25) is 0 Å². The Bertz CT molecular complexity index is 581. The summed E-state index contributed by atoms with van der Waals surface area (Å²) in [6.07, 6.45) is 1.14. The van der Waals surface area contributed by atoms with Gasteiger partial charge in [0.05, 0.1) is 12.7 Å². The van der Waals surface area contributed by atoms with Crippen LogP contribution in [0.4, 0.5) is 0 Å². The van der Waals surface area contributed by atoms with Gasteiger partial charge in [-0.2, -0.15) is 0 Å². The Kier molecular flexibility index (Phi) is 4.73. The molecule has 6 nitrogen and oxygen atoms in total. The molecule has 108 valence electrons. The van der Waals surface area contributed by atoms with E-state index in [0.717, 1.165) is 16.5 Å². The number of aliphatic hydroxyl groups is 2. The number of nitrogens with one attached hydrogen (secondary N) is 2. The van der Waals surface area contributed by atoms with Crippen LogP contribution in [0.15, 0.2) is 30.5 Å². The van der Waals surface area contributed by atoms with Crippen molar-refractivity contribution in [3.8, 4) is 0 Å². The van der Waals surface area contributed by atoms with Crippen LogP contribution in [0.1, 0.15) is 5.56 Å². The number of rotatable bonds is 7. The minimum atomic E-state index is -0.986. The topological polar surface area (TPSA) is 106 Å². The Morgan fingerprint density at radius 1 is 1.35 bits per heavy atom. The monoisotopic (exact) mass is 278 g/mol. The zero-order chi connectivity index (χ0) is 14.5. The van der Waals surface area contributed by atoms with Crippen LogP contribution < -0.4 is 5.32 Å². The smallest absolute Gasteiger partial charge is 0.321 e. The minimum absolute atomic E-state index is 0.0375. The van der Waals surface area contributed by atoms with E-state index in [-0.39, 0.29) is 6.54 Å². The first-order valence-corrected chi connectivity index (χ1v) is 6.42. The highest BCUT2D eigenvalue weighted by atomic mass is 16.4. The lowest BCUT2D eigenvalue weighted by Gasteiger charge is -2.16. The van der Waals surface area contributed by atoms with Gasteiger partial charge in [-0.25, -0.2) is 0 Å². The van der Waals surface area contributed by atoms with Crippen molar-refractivity contribution < 1.29 is 20.1 Å². The Labute approximate surface area is 116 Å². The second-order valence-electron chi connectivity index (χ2n) is 4.70. The highest BCUT2D eigenvalue weighted by molar-refractivity contribution is 5.84. The SMILES string of the molecule is O=C(O)[C@H](Cc1c[nH]c2ccccc12)NCC(O)CO. The second kappa shape index (κ2) is 6.51. The number of aromatic amines is 1. The molecule has 1 aromatic heterocycles. The molecule has 5 N–H and O–H groups in total. The molecule has 0 bridgehead atoms. The average Bonchev–Trinajstić information content (AvgIpc) is 2.86. The molecule has 2 aromatic rings. The van der Waals surface area contributed by atoms with Crippen molar-refractivity contribution in [2.24, 2.45) is 0 Å². The molecule has 6 heteroatoms. The molecule has 2 atom stereocenters. The maximum absolute atomic E-state index is 11.2. The number of benzene rings is 1. The van der Waals surface area contributed by atoms with Gasteiger partial charge in [-0.3, -0.25) is 4.79 Å². The standard InChI is InChI=1S/C14H18N2O4/c17-8-10(18)7-16-13(14(19)20)5-9-6-15-12-4-2-1-3-11(9)12/h1-4,6,10,13,15-18H,5,7-8H2,(H,19,20)/t10?,13-/m0/s1. The number of fused-ring (bicyclic) bond motifs is 1. The lowest BCUT2D eigenvalue weighted by Crippen LogP contribution is -2.43. The fourth-order valence-electron chi connectivity index (χ4n) is 2.11. The molecule has 0 aliphatic heterocycles. The number of aliphatic carboxylic acids is 1. The highest BCUT2D eigenvalue weighted by Crippen LogP contribution is 2.19. The molecule has 0 aliphatic rings. The fraction of sp³-hybridized carbons (Fsp3) is 0.357. The van der Waals surface area contributed by atoms with E-state index in [1.54, 1.807) is 6.20 Å². The number of aromatic nitrogens is 1. The van der Waals surface area contributed by atoms with Gasteiger partial charge in [0.1, 0.15) is 6.04 Å². The lowest BCUT2D eigenvalue weighted by molar-refractivity contribution is -0.139. The number of aliphatic hydroxyl groups excluding tert-OH is 2. The molecule has 0 fully saturated rings. The van der Waals surface area contributed by atoms with Gasteiger partial charge in [0.2, 0.25) is 0 Å². The molecular formula is C14H18N2O4. The molecule has 1 aromatic carbocycles. The molecule has 0 saturated heterocycles. The third kappa shape index (κ3) is 3.36. The van der Waals surface area contributed by atoms with E-state index < -0.39 is 24.7 Å². The summed E-state index contributed by atoms with van der Waals surface area (Å²) in [5, 5.41) is 31.0. The van der Waals surface area contributed by atoms with E-state index in [0.29, 0.717) is 6.42 Å². The molecule has 0 aliphatic carbocycles. The normalized spacial score (nSPS) is 14.3. The van der Waals surface area contributed by atoms with E-state index in [1.165, 1.54) is 0 Å². The van der Waals surface area contributed by atoms with Crippen LogP contribution in [0.25, 0.3) is 10.9 Å². The van der Waals surface area contributed by atoms with Crippen molar-refractivity contribution in [1.82, 2.24) is 10.3 Å². The predicted molar refractivity (Wildman–Crippen MR) is 74.5 cm³/mol. The first-order valence-electron chi connectivity index (χ1n) is 6.42. The van der Waals surface area contributed by atoms with Crippen molar-refractivity contribution in [2.45, 2.75) is 18.6 Å². The van der Waals surface area contributed by atoms with Crippen LogP contribution in [0.3, 0.4) is 0 Å². The van der Waals surface area contributed by atoms with Gasteiger partial charge in [0, 0.05) is 30.1 Å². The van der Waals surface area contributed by atoms with E-state index >= 15 is 0 Å². The minimum Gasteiger partial charge on any atom is -0.480 e. The summed E-state index contributed by atoms with van der Waals surface area (Å²) in [7, 11) is 0. The third-order valence-electron chi connectivity index (χ3n) is 3.21. The number of carbonyl (C=O) groups is 1. The van der Waals surface area contributed by atoms with Gasteiger partial charge in [0.15, 0.2) is 0 Å². The number of carboxylic acids is 1. The zero-order valence-corrected chi connectivity index (χ0v) is 10.9. The predicted octanol–water partition coefficient (Wildman–Crippen LogP) is 0.106. The summed E-state index contributed by atoms with van der Waals surface area (Å²) < 4.78 is 0. The summed E-state index contributed by atoms with van der Waals surface area (Å²) in [4.78, 5) is 14.3. The van der Waals surface area contributed by atoms with Gasteiger partial charge in [-0.05, 0) is 11.6 Å². The number of hydrogen-bond acceptors (Lipinski definition) is 4. The fourth-order valence-corrected chi connectivity index (χ4v) is 2.11. The molecule has 1 heterocycles. The molecular weight excluding hydrogens is 260 g/mol. The summed E-state index contributed by atoms with van der Waals surface area (Å²) >= 11 is 0. The number of hydrogen-bond donors (Lipinski definition) is 5. The van der Waals surface area contributed by atoms with Gasteiger partial charge >= 0.3 is 5.97 Å². The Morgan fingerprint density at radius 3 is 2.80 bits per heavy atom. The Hall–Kier alpha value is -1.89. The van der Waals surface area contributed by atoms with Gasteiger partial charge in [0.25, 0.3) is 0 Å². The number of H-pyrrole nitrogens is 1. The Balaban J connectivity index is 2.10. The van der Waals surface area contributed by atoms with E-state index in [1.807, 2.05) is 24.3 Å². The van der Waals surface area contributed by atoms with Crippen LogP contribution in [-0.2, 0) is 11.2 Å². The van der Waals surface area contributed by atoms with E-state index in [9.17, 15) is 15.0 Å². The molecule has 0 radical (unpaired) electrons. The van der Waals surface area contributed by atoms with Gasteiger partial charge in [-0.15, -0.1) is 0 Å². The molecule has 2 rings (SSSR count).